The van der Waals surface area contributed by atoms with E-state index in [1.54, 1.807) is 18.2 Å². The molecule has 2 aromatic rings. The van der Waals surface area contributed by atoms with Crippen LogP contribution >= 0.6 is 0 Å². The van der Waals surface area contributed by atoms with Crippen LogP contribution in [0, 0.1) is 5.41 Å². The van der Waals surface area contributed by atoms with E-state index in [0.717, 1.165) is 0 Å². The van der Waals surface area contributed by atoms with Gasteiger partial charge in [0.15, 0.2) is 0 Å². The van der Waals surface area contributed by atoms with Crippen LogP contribution in [0.3, 0.4) is 0 Å². The van der Waals surface area contributed by atoms with Gasteiger partial charge in [0.25, 0.3) is 0 Å². The van der Waals surface area contributed by atoms with Crippen LogP contribution in [0.15, 0.2) is 22.8 Å². The Balaban J connectivity index is 2.24. The fourth-order valence-electron chi connectivity index (χ4n) is 1.18. The third-order valence-electron chi connectivity index (χ3n) is 2.19. The number of carbonyl (C=O) groups is 1. The molecular weight excluding hydrogens is 206 g/mol. The Morgan fingerprint density at radius 2 is 1.94 bits per heavy atom. The fraction of sp³-hybridized carbons (Fsp3) is 0.364. The number of benzene rings is 1. The third-order valence-corrected chi connectivity index (χ3v) is 2.19. The predicted molar refractivity (Wildman–Crippen MR) is 59.9 cm³/mol. The van der Waals surface area contributed by atoms with E-state index in [0.29, 0.717) is 16.7 Å². The van der Waals surface area contributed by atoms with Crippen molar-refractivity contribution >= 4 is 22.6 Å². The molecule has 0 saturated carbocycles. The molecule has 0 aliphatic carbocycles. The van der Waals surface area contributed by atoms with Crippen molar-refractivity contribution in [3.05, 3.63) is 18.2 Å². The second kappa shape index (κ2) is 3.59. The number of aromatic nitrogens is 2. The molecule has 2 rings (SSSR count). The largest absolute Gasteiger partial charge is 0.326 e. The van der Waals surface area contributed by atoms with E-state index in [9.17, 15) is 4.79 Å². The predicted octanol–water partition coefficient (Wildman–Crippen LogP) is 2.21. The van der Waals surface area contributed by atoms with Gasteiger partial charge < -0.3 is 5.32 Å². The highest BCUT2D eigenvalue weighted by Crippen LogP contribution is 2.19. The highest BCUT2D eigenvalue weighted by Gasteiger charge is 2.21. The summed E-state index contributed by atoms with van der Waals surface area (Å²) in [7, 11) is 0. The van der Waals surface area contributed by atoms with E-state index < -0.39 is 5.41 Å². The van der Waals surface area contributed by atoms with Gasteiger partial charge >= 0.3 is 0 Å². The molecule has 5 heteroatoms. The van der Waals surface area contributed by atoms with Crippen LogP contribution in [0.4, 0.5) is 5.69 Å². The summed E-state index contributed by atoms with van der Waals surface area (Å²) in [5.41, 5.74) is 1.58. The van der Waals surface area contributed by atoms with Crippen LogP contribution in [0.1, 0.15) is 20.8 Å². The van der Waals surface area contributed by atoms with Crippen molar-refractivity contribution in [3.8, 4) is 0 Å². The van der Waals surface area contributed by atoms with Crippen LogP contribution in [-0.2, 0) is 4.79 Å². The lowest BCUT2D eigenvalue weighted by molar-refractivity contribution is -0.123. The van der Waals surface area contributed by atoms with E-state index in [4.69, 9.17) is 0 Å². The number of carbonyl (C=O) groups excluding carboxylic acids is 1. The number of nitrogens with one attached hydrogen (secondary N) is 1. The molecule has 0 bridgehead atoms. The van der Waals surface area contributed by atoms with Crippen molar-refractivity contribution in [1.29, 1.82) is 0 Å². The minimum absolute atomic E-state index is 0.0386. The Hall–Kier alpha value is -1.91. The first-order valence-electron chi connectivity index (χ1n) is 5.00. The molecule has 0 fully saturated rings. The van der Waals surface area contributed by atoms with Crippen LogP contribution in [0.25, 0.3) is 11.0 Å². The molecule has 16 heavy (non-hydrogen) atoms. The van der Waals surface area contributed by atoms with Gasteiger partial charge in [-0.2, -0.15) is 0 Å². The van der Waals surface area contributed by atoms with Crippen LogP contribution in [0.2, 0.25) is 0 Å². The number of amides is 1. The molecule has 84 valence electrons. The van der Waals surface area contributed by atoms with E-state index in [1.807, 2.05) is 20.8 Å². The highest BCUT2D eigenvalue weighted by molar-refractivity contribution is 5.95. The second-order valence-electron chi connectivity index (χ2n) is 4.67. The van der Waals surface area contributed by atoms with Crippen molar-refractivity contribution in [2.75, 3.05) is 5.32 Å². The van der Waals surface area contributed by atoms with Gasteiger partial charge in [0.2, 0.25) is 5.91 Å². The first-order valence-corrected chi connectivity index (χ1v) is 5.00. The molecular formula is C11H13N3O2. The van der Waals surface area contributed by atoms with Gasteiger partial charge in [0, 0.05) is 11.1 Å². The summed E-state index contributed by atoms with van der Waals surface area (Å²) in [5, 5.41) is 10.2. The van der Waals surface area contributed by atoms with Crippen molar-refractivity contribution < 1.29 is 9.42 Å². The average molecular weight is 219 g/mol. The molecule has 0 saturated heterocycles. The van der Waals surface area contributed by atoms with E-state index >= 15 is 0 Å². The number of nitrogens with zero attached hydrogens (tertiary/aromatic N) is 2. The zero-order chi connectivity index (χ0) is 11.8. The summed E-state index contributed by atoms with van der Waals surface area (Å²) in [6.45, 7) is 5.58. The molecule has 0 aliphatic heterocycles. The maximum atomic E-state index is 11.7. The van der Waals surface area contributed by atoms with Gasteiger partial charge in [0.1, 0.15) is 11.0 Å². The molecule has 0 atom stereocenters. The lowest BCUT2D eigenvalue weighted by Gasteiger charge is -2.17. The third kappa shape index (κ3) is 2.03. The van der Waals surface area contributed by atoms with Crippen LogP contribution in [0.5, 0.6) is 0 Å². The van der Waals surface area contributed by atoms with E-state index in [-0.39, 0.29) is 5.91 Å². The van der Waals surface area contributed by atoms with Gasteiger partial charge in [-0.1, -0.05) is 20.8 Å². The summed E-state index contributed by atoms with van der Waals surface area (Å²) in [5.74, 6) is -0.0386. The minimum Gasteiger partial charge on any atom is -0.326 e. The lowest BCUT2D eigenvalue weighted by atomic mass is 9.95. The van der Waals surface area contributed by atoms with E-state index in [2.05, 4.69) is 20.3 Å². The Labute approximate surface area is 92.8 Å². The monoisotopic (exact) mass is 219 g/mol. The topological polar surface area (TPSA) is 68.0 Å². The molecule has 5 nitrogen and oxygen atoms in total. The normalized spacial score (nSPS) is 11.7. The SMILES string of the molecule is CC(C)(C)C(=O)Nc1ccc2nonc2c1. The first kappa shape index (κ1) is 10.6. The number of rotatable bonds is 1. The molecule has 0 radical (unpaired) electrons. The Morgan fingerprint density at radius 3 is 2.62 bits per heavy atom. The standard InChI is InChI=1S/C11H13N3O2/c1-11(2,3)10(15)12-7-4-5-8-9(6-7)14-16-13-8/h4-6H,1-3H3,(H,12,15). The lowest BCUT2D eigenvalue weighted by Crippen LogP contribution is -2.27. The molecule has 1 aromatic heterocycles. The van der Waals surface area contributed by atoms with Crippen molar-refractivity contribution in [3.63, 3.8) is 0 Å². The minimum atomic E-state index is -0.420. The molecule has 1 amide bonds. The average Bonchev–Trinajstić information content (AvgIpc) is 2.63. The Kier molecular flexibility index (Phi) is 2.38. The van der Waals surface area contributed by atoms with Crippen LogP contribution in [-0.4, -0.2) is 16.2 Å². The van der Waals surface area contributed by atoms with Gasteiger partial charge in [-0.25, -0.2) is 4.63 Å². The second-order valence-corrected chi connectivity index (χ2v) is 4.67. The molecule has 0 aliphatic rings. The zero-order valence-corrected chi connectivity index (χ0v) is 9.44. The maximum absolute atomic E-state index is 11.7. The maximum Gasteiger partial charge on any atom is 0.229 e. The molecule has 0 spiro atoms. The quantitative estimate of drug-likeness (QED) is 0.798. The number of anilines is 1. The summed E-state index contributed by atoms with van der Waals surface area (Å²) >= 11 is 0. The van der Waals surface area contributed by atoms with Gasteiger partial charge in [-0.05, 0) is 28.5 Å². The first-order chi connectivity index (χ1) is 7.47. The van der Waals surface area contributed by atoms with Gasteiger partial charge in [-0.15, -0.1) is 0 Å². The van der Waals surface area contributed by atoms with Gasteiger partial charge in [-0.3, -0.25) is 4.79 Å². The summed E-state index contributed by atoms with van der Waals surface area (Å²) in [6.07, 6.45) is 0. The molecule has 0 unspecified atom stereocenters. The highest BCUT2D eigenvalue weighted by atomic mass is 16.6. The smallest absolute Gasteiger partial charge is 0.229 e. The van der Waals surface area contributed by atoms with Crippen molar-refractivity contribution in [2.45, 2.75) is 20.8 Å². The van der Waals surface area contributed by atoms with Crippen molar-refractivity contribution in [1.82, 2.24) is 10.3 Å². The summed E-state index contributed by atoms with van der Waals surface area (Å²) in [6, 6.07) is 5.26. The number of fused-ring (bicyclic) bond motifs is 1. The van der Waals surface area contributed by atoms with E-state index in [1.165, 1.54) is 0 Å². The summed E-state index contributed by atoms with van der Waals surface area (Å²) in [4.78, 5) is 11.7. The van der Waals surface area contributed by atoms with Gasteiger partial charge in [0.05, 0.1) is 0 Å². The molecule has 1 N–H and O–H groups in total. The summed E-state index contributed by atoms with van der Waals surface area (Å²) < 4.78 is 4.58. The molecule has 1 heterocycles. The zero-order valence-electron chi connectivity index (χ0n) is 9.44. The Morgan fingerprint density at radius 1 is 1.25 bits per heavy atom. The number of hydrogen-bond donors (Lipinski definition) is 1. The molecule has 1 aromatic carbocycles. The fourth-order valence-corrected chi connectivity index (χ4v) is 1.18. The number of hydrogen-bond acceptors (Lipinski definition) is 4. The van der Waals surface area contributed by atoms with Crippen molar-refractivity contribution in [2.24, 2.45) is 5.41 Å². The van der Waals surface area contributed by atoms with Crippen LogP contribution < -0.4 is 5.32 Å². The Bertz CT molecular complexity index is 525.